The SMILES string of the molecule is CCC(C)(COC(=O)C(C)C)C(=O)OC(C(F)(F)F)C(F)(F)F. The van der Waals surface area contributed by atoms with Crippen LogP contribution in [0.1, 0.15) is 34.1 Å². The number of esters is 2. The molecule has 0 saturated carbocycles. The molecule has 0 aliphatic heterocycles. The second-order valence-corrected chi connectivity index (χ2v) is 5.55. The van der Waals surface area contributed by atoms with Gasteiger partial charge in [-0.05, 0) is 13.3 Å². The molecule has 0 aliphatic carbocycles. The van der Waals surface area contributed by atoms with Crippen LogP contribution >= 0.6 is 0 Å². The molecule has 0 heterocycles. The van der Waals surface area contributed by atoms with Gasteiger partial charge >= 0.3 is 24.3 Å². The number of carbonyl (C=O) groups excluding carboxylic acids is 2. The highest BCUT2D eigenvalue weighted by Crippen LogP contribution is 2.37. The Labute approximate surface area is 129 Å². The molecule has 0 aliphatic rings. The molecular weight excluding hydrogens is 334 g/mol. The highest BCUT2D eigenvalue weighted by molar-refractivity contribution is 5.78. The third-order valence-electron chi connectivity index (χ3n) is 3.10. The predicted molar refractivity (Wildman–Crippen MR) is 66.2 cm³/mol. The Bertz CT molecular complexity index is 415. The Morgan fingerprint density at radius 2 is 1.43 bits per heavy atom. The van der Waals surface area contributed by atoms with Gasteiger partial charge in [0.25, 0.3) is 6.10 Å². The average molecular weight is 352 g/mol. The van der Waals surface area contributed by atoms with Gasteiger partial charge in [-0.15, -0.1) is 0 Å². The smallest absolute Gasteiger partial charge is 0.434 e. The first-order chi connectivity index (χ1) is 10.1. The van der Waals surface area contributed by atoms with Gasteiger partial charge in [-0.3, -0.25) is 9.59 Å². The third-order valence-corrected chi connectivity index (χ3v) is 3.10. The highest BCUT2D eigenvalue weighted by atomic mass is 19.4. The molecule has 10 heteroatoms. The van der Waals surface area contributed by atoms with Crippen LogP contribution in [0, 0.1) is 11.3 Å². The third kappa shape index (κ3) is 6.26. The second kappa shape index (κ2) is 7.39. The molecule has 0 rings (SSSR count). The molecule has 0 N–H and O–H groups in total. The lowest BCUT2D eigenvalue weighted by atomic mass is 9.88. The summed E-state index contributed by atoms with van der Waals surface area (Å²) in [7, 11) is 0. The largest absolute Gasteiger partial charge is 0.464 e. The maximum Gasteiger partial charge on any atom is 0.434 e. The van der Waals surface area contributed by atoms with Crippen molar-refractivity contribution in [2.45, 2.75) is 52.6 Å². The fourth-order valence-electron chi connectivity index (χ4n) is 1.27. The fraction of sp³-hybridized carbons (Fsp3) is 0.846. The minimum Gasteiger partial charge on any atom is -0.464 e. The number of halogens is 6. The number of alkyl halides is 6. The molecule has 0 aromatic carbocycles. The fourth-order valence-corrected chi connectivity index (χ4v) is 1.27. The van der Waals surface area contributed by atoms with Gasteiger partial charge in [-0.1, -0.05) is 20.8 Å². The van der Waals surface area contributed by atoms with Crippen molar-refractivity contribution < 1.29 is 45.4 Å². The van der Waals surface area contributed by atoms with E-state index >= 15 is 0 Å². The molecule has 0 saturated heterocycles. The molecule has 1 unspecified atom stereocenters. The predicted octanol–water partition coefficient (Wildman–Crippen LogP) is 3.64. The summed E-state index contributed by atoms with van der Waals surface area (Å²) in [5.41, 5.74) is -1.82. The van der Waals surface area contributed by atoms with E-state index in [2.05, 4.69) is 4.74 Å². The number of hydrogen-bond donors (Lipinski definition) is 0. The molecule has 0 bridgehead atoms. The van der Waals surface area contributed by atoms with Crippen molar-refractivity contribution in [2.24, 2.45) is 11.3 Å². The van der Waals surface area contributed by atoms with Gasteiger partial charge in [0.1, 0.15) is 6.61 Å². The average Bonchev–Trinajstić information content (AvgIpc) is 2.38. The molecule has 23 heavy (non-hydrogen) atoms. The first-order valence-electron chi connectivity index (χ1n) is 6.66. The second-order valence-electron chi connectivity index (χ2n) is 5.55. The summed E-state index contributed by atoms with van der Waals surface area (Å²) in [6, 6.07) is 0. The van der Waals surface area contributed by atoms with Crippen LogP contribution in [0.2, 0.25) is 0 Å². The van der Waals surface area contributed by atoms with Gasteiger partial charge < -0.3 is 9.47 Å². The number of hydrogen-bond acceptors (Lipinski definition) is 4. The van der Waals surface area contributed by atoms with Gasteiger partial charge in [-0.25, -0.2) is 0 Å². The monoisotopic (exact) mass is 352 g/mol. The topological polar surface area (TPSA) is 52.6 Å². The van der Waals surface area contributed by atoms with Gasteiger partial charge in [0.05, 0.1) is 11.3 Å². The van der Waals surface area contributed by atoms with Crippen LogP contribution in [-0.4, -0.2) is 37.0 Å². The maximum atomic E-state index is 12.4. The molecule has 0 aromatic heterocycles. The van der Waals surface area contributed by atoms with E-state index < -0.39 is 48.3 Å². The Hall–Kier alpha value is -1.48. The summed E-state index contributed by atoms with van der Waals surface area (Å²) in [4.78, 5) is 23.1. The van der Waals surface area contributed by atoms with Crippen LogP contribution in [0.5, 0.6) is 0 Å². The summed E-state index contributed by atoms with van der Waals surface area (Å²) in [5.74, 6) is -3.04. The van der Waals surface area contributed by atoms with E-state index in [0.29, 0.717) is 0 Å². The van der Waals surface area contributed by atoms with Crippen molar-refractivity contribution in [1.29, 1.82) is 0 Å². The van der Waals surface area contributed by atoms with E-state index in [4.69, 9.17) is 4.74 Å². The van der Waals surface area contributed by atoms with E-state index in [1.807, 2.05) is 0 Å². The van der Waals surface area contributed by atoms with Crippen molar-refractivity contribution >= 4 is 11.9 Å². The minimum absolute atomic E-state index is 0.181. The van der Waals surface area contributed by atoms with E-state index in [-0.39, 0.29) is 6.42 Å². The van der Waals surface area contributed by atoms with Gasteiger partial charge in [0.2, 0.25) is 0 Å². The highest BCUT2D eigenvalue weighted by Gasteiger charge is 2.60. The van der Waals surface area contributed by atoms with Gasteiger partial charge in [0, 0.05) is 0 Å². The van der Waals surface area contributed by atoms with E-state index in [9.17, 15) is 35.9 Å². The molecule has 4 nitrogen and oxygen atoms in total. The van der Waals surface area contributed by atoms with E-state index in [1.165, 1.54) is 20.8 Å². The molecule has 0 amide bonds. The number of ether oxygens (including phenoxy) is 2. The standard InChI is InChI=1S/C13H18F6O4/c1-5-11(4,6-22-8(20)7(2)3)10(21)23-9(12(14,15)16)13(17,18)19/h7,9H,5-6H2,1-4H3. The lowest BCUT2D eigenvalue weighted by Crippen LogP contribution is -2.48. The molecule has 1 atom stereocenters. The zero-order valence-corrected chi connectivity index (χ0v) is 13.0. The van der Waals surface area contributed by atoms with Gasteiger partial charge in [-0.2, -0.15) is 26.3 Å². The van der Waals surface area contributed by atoms with Crippen LogP contribution in [-0.2, 0) is 19.1 Å². The summed E-state index contributed by atoms with van der Waals surface area (Å²) >= 11 is 0. The van der Waals surface area contributed by atoms with Crippen LogP contribution in [0.15, 0.2) is 0 Å². The Morgan fingerprint density at radius 3 is 1.74 bits per heavy atom. The first kappa shape index (κ1) is 21.5. The first-order valence-corrected chi connectivity index (χ1v) is 6.66. The lowest BCUT2D eigenvalue weighted by molar-refractivity contribution is -0.316. The molecule has 136 valence electrons. The summed E-state index contributed by atoms with van der Waals surface area (Å²) in [6.07, 6.45) is -16.0. The molecule has 0 aromatic rings. The van der Waals surface area contributed by atoms with Crippen molar-refractivity contribution in [3.63, 3.8) is 0 Å². The van der Waals surface area contributed by atoms with Crippen LogP contribution in [0.4, 0.5) is 26.3 Å². The van der Waals surface area contributed by atoms with Crippen molar-refractivity contribution in [2.75, 3.05) is 6.61 Å². The summed E-state index contributed by atoms with van der Waals surface area (Å²) < 4.78 is 82.8. The molecule has 0 fully saturated rings. The van der Waals surface area contributed by atoms with Crippen LogP contribution in [0.25, 0.3) is 0 Å². The number of rotatable bonds is 6. The van der Waals surface area contributed by atoms with Gasteiger partial charge in [0.15, 0.2) is 0 Å². The van der Waals surface area contributed by atoms with Crippen molar-refractivity contribution in [3.8, 4) is 0 Å². The van der Waals surface area contributed by atoms with Crippen LogP contribution < -0.4 is 0 Å². The normalized spacial score (nSPS) is 15.5. The molecular formula is C13H18F6O4. The van der Waals surface area contributed by atoms with Crippen molar-refractivity contribution in [3.05, 3.63) is 0 Å². The van der Waals surface area contributed by atoms with E-state index in [1.54, 1.807) is 0 Å². The maximum absolute atomic E-state index is 12.4. The summed E-state index contributed by atoms with van der Waals surface area (Å²) in [5, 5.41) is 0. The number of carbonyl (C=O) groups is 2. The van der Waals surface area contributed by atoms with Crippen molar-refractivity contribution in [1.82, 2.24) is 0 Å². The summed E-state index contributed by atoms with van der Waals surface area (Å²) in [6.45, 7) is 4.69. The lowest BCUT2D eigenvalue weighted by Gasteiger charge is -2.30. The van der Waals surface area contributed by atoms with Crippen LogP contribution in [0.3, 0.4) is 0 Å². The van der Waals surface area contributed by atoms with E-state index in [0.717, 1.165) is 6.92 Å². The zero-order chi connectivity index (χ0) is 18.6. The minimum atomic E-state index is -5.79. The quantitative estimate of drug-likeness (QED) is 0.541. The molecule has 0 spiro atoms. The Morgan fingerprint density at radius 1 is 1.00 bits per heavy atom. The molecule has 0 radical (unpaired) electrons. The Balaban J connectivity index is 5.16. The Kier molecular flexibility index (Phi) is 6.92. The zero-order valence-electron chi connectivity index (χ0n) is 13.0.